The number of nitrogens with zero attached hydrogens (tertiary/aromatic N) is 1. The molecule has 0 unspecified atom stereocenters. The summed E-state index contributed by atoms with van der Waals surface area (Å²) in [5, 5.41) is 3.69. The van der Waals surface area contributed by atoms with Crippen LogP contribution in [0.3, 0.4) is 0 Å². The molecule has 0 bridgehead atoms. The molecule has 2 aromatic carbocycles. The number of amides is 2. The second kappa shape index (κ2) is 8.82. The van der Waals surface area contributed by atoms with Crippen molar-refractivity contribution in [2.45, 2.75) is 6.42 Å². The first kappa shape index (κ1) is 20.5. The van der Waals surface area contributed by atoms with E-state index in [0.29, 0.717) is 26.4 Å². The molecule has 9 heteroatoms. The van der Waals surface area contributed by atoms with Gasteiger partial charge in [0.1, 0.15) is 0 Å². The lowest BCUT2D eigenvalue weighted by Crippen LogP contribution is -2.28. The van der Waals surface area contributed by atoms with Crippen LogP contribution in [-0.4, -0.2) is 30.9 Å². The van der Waals surface area contributed by atoms with Gasteiger partial charge in [0, 0.05) is 28.7 Å². The predicted molar refractivity (Wildman–Crippen MR) is 108 cm³/mol. The Hall–Kier alpha value is -2.28. The minimum Gasteiger partial charge on any atom is -0.455 e. The van der Waals surface area contributed by atoms with E-state index in [0.717, 1.165) is 0 Å². The van der Waals surface area contributed by atoms with Gasteiger partial charge in [-0.1, -0.05) is 46.9 Å². The van der Waals surface area contributed by atoms with Crippen molar-refractivity contribution in [2.24, 2.45) is 5.92 Å². The van der Waals surface area contributed by atoms with Crippen LogP contribution in [0.5, 0.6) is 0 Å². The number of anilines is 2. The van der Waals surface area contributed by atoms with Gasteiger partial charge in [-0.2, -0.15) is 0 Å². The van der Waals surface area contributed by atoms with Crippen LogP contribution >= 0.6 is 34.8 Å². The summed E-state index contributed by atoms with van der Waals surface area (Å²) in [4.78, 5) is 37.9. The van der Waals surface area contributed by atoms with E-state index in [1.165, 1.54) is 23.1 Å². The minimum atomic E-state index is -0.669. The lowest BCUT2D eigenvalue weighted by molar-refractivity contribution is -0.151. The zero-order chi connectivity index (χ0) is 20.3. The number of hydrogen-bond acceptors (Lipinski definition) is 4. The summed E-state index contributed by atoms with van der Waals surface area (Å²) < 4.78 is 5.05. The van der Waals surface area contributed by atoms with Crippen molar-refractivity contribution in [3.05, 3.63) is 57.5 Å². The van der Waals surface area contributed by atoms with Gasteiger partial charge in [-0.3, -0.25) is 14.4 Å². The van der Waals surface area contributed by atoms with Crippen LogP contribution in [0.1, 0.15) is 6.42 Å². The highest BCUT2D eigenvalue weighted by Gasteiger charge is 2.37. The Labute approximate surface area is 176 Å². The standard InChI is InChI=1S/C19H15Cl3N2O4/c20-12-6-13(21)8-14(7-12)23-17(25)10-28-19(27)11-5-18(26)24(9-11)16-4-2-1-3-15(16)22/h1-4,6-8,11H,5,9-10H2,(H,23,25)/t11-/m0/s1. The van der Waals surface area contributed by atoms with Gasteiger partial charge in [0.15, 0.2) is 6.61 Å². The number of nitrogens with one attached hydrogen (secondary N) is 1. The van der Waals surface area contributed by atoms with E-state index in [1.807, 2.05) is 0 Å². The molecule has 146 valence electrons. The quantitative estimate of drug-likeness (QED) is 0.706. The molecule has 2 aromatic rings. The predicted octanol–water partition coefficient (Wildman–Crippen LogP) is 4.18. The van der Waals surface area contributed by atoms with Crippen LogP contribution < -0.4 is 10.2 Å². The number of halogens is 3. The van der Waals surface area contributed by atoms with E-state index in [-0.39, 0.29) is 18.9 Å². The van der Waals surface area contributed by atoms with Gasteiger partial charge >= 0.3 is 5.97 Å². The van der Waals surface area contributed by atoms with Crippen LogP contribution in [0.4, 0.5) is 11.4 Å². The first-order valence-corrected chi connectivity index (χ1v) is 9.44. The van der Waals surface area contributed by atoms with Gasteiger partial charge < -0.3 is 15.0 Å². The van der Waals surface area contributed by atoms with E-state index >= 15 is 0 Å². The van der Waals surface area contributed by atoms with Crippen LogP contribution in [-0.2, 0) is 19.1 Å². The summed E-state index contributed by atoms with van der Waals surface area (Å²) in [5.74, 6) is -2.06. The van der Waals surface area contributed by atoms with Crippen molar-refractivity contribution in [2.75, 3.05) is 23.4 Å². The lowest BCUT2D eigenvalue weighted by Gasteiger charge is -2.17. The number of rotatable bonds is 5. The van der Waals surface area contributed by atoms with Gasteiger partial charge in [-0.05, 0) is 30.3 Å². The average Bonchev–Trinajstić information content (AvgIpc) is 3.01. The number of hydrogen-bond donors (Lipinski definition) is 1. The fourth-order valence-electron chi connectivity index (χ4n) is 2.85. The molecule has 3 rings (SSSR count). The molecule has 0 aliphatic carbocycles. The fourth-order valence-corrected chi connectivity index (χ4v) is 3.61. The smallest absolute Gasteiger partial charge is 0.311 e. The summed E-state index contributed by atoms with van der Waals surface area (Å²) in [6.07, 6.45) is -0.00439. The van der Waals surface area contributed by atoms with Crippen LogP contribution in [0.15, 0.2) is 42.5 Å². The molecule has 0 spiro atoms. The first-order valence-electron chi connectivity index (χ1n) is 8.31. The Kier molecular flexibility index (Phi) is 6.44. The van der Waals surface area contributed by atoms with Crippen LogP contribution in [0.25, 0.3) is 0 Å². The maximum Gasteiger partial charge on any atom is 0.311 e. The molecule has 1 heterocycles. The zero-order valence-corrected chi connectivity index (χ0v) is 16.7. The minimum absolute atomic E-state index is 0.00439. The Morgan fingerprint density at radius 2 is 1.79 bits per heavy atom. The molecular weight excluding hydrogens is 427 g/mol. The van der Waals surface area contributed by atoms with Crippen molar-refractivity contribution >= 4 is 64.0 Å². The molecule has 0 saturated carbocycles. The summed E-state index contributed by atoms with van der Waals surface area (Å²) in [6, 6.07) is 11.4. The van der Waals surface area contributed by atoms with E-state index in [4.69, 9.17) is 39.5 Å². The van der Waals surface area contributed by atoms with E-state index in [1.54, 1.807) is 24.3 Å². The molecule has 1 atom stereocenters. The topological polar surface area (TPSA) is 75.7 Å². The summed E-state index contributed by atoms with van der Waals surface area (Å²) in [5.41, 5.74) is 0.930. The monoisotopic (exact) mass is 440 g/mol. The normalized spacial score (nSPS) is 16.2. The number of benzene rings is 2. The largest absolute Gasteiger partial charge is 0.455 e. The van der Waals surface area contributed by atoms with E-state index in [2.05, 4.69) is 5.32 Å². The molecule has 28 heavy (non-hydrogen) atoms. The third kappa shape index (κ3) is 4.95. The number of para-hydroxylation sites is 1. The van der Waals surface area contributed by atoms with Crippen LogP contribution in [0.2, 0.25) is 15.1 Å². The maximum atomic E-state index is 12.3. The molecule has 1 fully saturated rings. The molecule has 0 aromatic heterocycles. The molecule has 2 amide bonds. The van der Waals surface area contributed by atoms with E-state index < -0.39 is 24.4 Å². The van der Waals surface area contributed by atoms with Crippen molar-refractivity contribution in [3.63, 3.8) is 0 Å². The molecule has 1 aliphatic rings. The Morgan fingerprint density at radius 1 is 1.11 bits per heavy atom. The van der Waals surface area contributed by atoms with Crippen molar-refractivity contribution in [3.8, 4) is 0 Å². The van der Waals surface area contributed by atoms with Gasteiger partial charge in [0.05, 0.1) is 16.6 Å². The highest BCUT2D eigenvalue weighted by molar-refractivity contribution is 6.35. The fraction of sp³-hybridized carbons (Fsp3) is 0.211. The van der Waals surface area contributed by atoms with Crippen LogP contribution in [0, 0.1) is 5.92 Å². The first-order chi connectivity index (χ1) is 13.3. The number of carbonyl (C=O) groups is 3. The summed E-state index contributed by atoms with van der Waals surface area (Å²) in [7, 11) is 0. The molecule has 1 saturated heterocycles. The number of esters is 1. The van der Waals surface area contributed by atoms with Gasteiger partial charge in [-0.25, -0.2) is 0 Å². The highest BCUT2D eigenvalue weighted by atomic mass is 35.5. The van der Waals surface area contributed by atoms with Crippen molar-refractivity contribution in [1.29, 1.82) is 0 Å². The Bertz CT molecular complexity index is 915. The second-order valence-corrected chi connectivity index (χ2v) is 7.45. The molecular formula is C19H15Cl3N2O4. The third-order valence-corrected chi connectivity index (χ3v) is 4.85. The molecule has 6 nitrogen and oxygen atoms in total. The summed E-state index contributed by atoms with van der Waals surface area (Å²) in [6.45, 7) is -0.341. The SMILES string of the molecule is O=C(COC(=O)[C@H]1CC(=O)N(c2ccccc2Cl)C1)Nc1cc(Cl)cc(Cl)c1. The van der Waals surface area contributed by atoms with Crippen molar-refractivity contribution < 1.29 is 19.1 Å². The van der Waals surface area contributed by atoms with Gasteiger partial charge in [0.25, 0.3) is 5.91 Å². The molecule has 1 aliphatic heterocycles. The average molecular weight is 442 g/mol. The van der Waals surface area contributed by atoms with Crippen molar-refractivity contribution in [1.82, 2.24) is 0 Å². The number of ether oxygens (including phenoxy) is 1. The second-order valence-electron chi connectivity index (χ2n) is 6.17. The number of carbonyl (C=O) groups excluding carboxylic acids is 3. The van der Waals surface area contributed by atoms with Gasteiger partial charge in [-0.15, -0.1) is 0 Å². The Morgan fingerprint density at radius 3 is 2.46 bits per heavy atom. The third-order valence-electron chi connectivity index (χ3n) is 4.09. The molecule has 0 radical (unpaired) electrons. The highest BCUT2D eigenvalue weighted by Crippen LogP contribution is 2.31. The Balaban J connectivity index is 1.54. The maximum absolute atomic E-state index is 12.3. The van der Waals surface area contributed by atoms with Gasteiger partial charge in [0.2, 0.25) is 5.91 Å². The van der Waals surface area contributed by atoms with E-state index in [9.17, 15) is 14.4 Å². The molecule has 1 N–H and O–H groups in total. The summed E-state index contributed by atoms with van der Waals surface area (Å²) >= 11 is 17.9. The zero-order valence-electron chi connectivity index (χ0n) is 14.5. The lowest BCUT2D eigenvalue weighted by atomic mass is 10.1.